The second-order valence-electron chi connectivity index (χ2n) is 5.95. The van der Waals surface area contributed by atoms with Gasteiger partial charge in [-0.1, -0.05) is 36.1 Å². The Morgan fingerprint density at radius 3 is 2.78 bits per heavy atom. The van der Waals surface area contributed by atoms with Gasteiger partial charge in [0, 0.05) is 12.6 Å². The van der Waals surface area contributed by atoms with E-state index in [4.69, 9.17) is 16.6 Å². The molecule has 1 aliphatic rings. The van der Waals surface area contributed by atoms with Crippen molar-refractivity contribution in [3.8, 4) is 5.75 Å². The van der Waals surface area contributed by atoms with E-state index in [1.807, 2.05) is 0 Å². The molecule has 1 aromatic heterocycles. The minimum absolute atomic E-state index is 0.202. The molecule has 1 unspecified atom stereocenters. The van der Waals surface area contributed by atoms with Gasteiger partial charge in [0.2, 0.25) is 5.91 Å². The summed E-state index contributed by atoms with van der Waals surface area (Å²) in [5.41, 5.74) is 0.993. The van der Waals surface area contributed by atoms with Crippen molar-refractivity contribution in [2.24, 2.45) is 0 Å². The summed E-state index contributed by atoms with van der Waals surface area (Å²) in [5.74, 6) is 0.182. The molecular formula is C19H18N2O4S2. The summed E-state index contributed by atoms with van der Waals surface area (Å²) in [7, 11) is 0. The van der Waals surface area contributed by atoms with Crippen LogP contribution >= 0.6 is 24.0 Å². The van der Waals surface area contributed by atoms with Crippen LogP contribution in [-0.2, 0) is 16.0 Å². The van der Waals surface area contributed by atoms with Gasteiger partial charge in [-0.05, 0) is 43.2 Å². The van der Waals surface area contributed by atoms with Gasteiger partial charge in [0.1, 0.15) is 21.9 Å². The van der Waals surface area contributed by atoms with Crippen LogP contribution < -0.4 is 5.32 Å². The Morgan fingerprint density at radius 2 is 2.11 bits per heavy atom. The van der Waals surface area contributed by atoms with Gasteiger partial charge in [0.15, 0.2) is 0 Å². The molecule has 1 saturated heterocycles. The van der Waals surface area contributed by atoms with Crippen LogP contribution in [-0.4, -0.2) is 38.7 Å². The first-order valence-electron chi connectivity index (χ1n) is 8.32. The summed E-state index contributed by atoms with van der Waals surface area (Å²) in [6, 6.07) is 9.57. The predicted molar refractivity (Wildman–Crippen MR) is 108 cm³/mol. The van der Waals surface area contributed by atoms with E-state index in [1.165, 1.54) is 11.2 Å². The van der Waals surface area contributed by atoms with E-state index in [1.54, 1.807) is 49.4 Å². The van der Waals surface area contributed by atoms with Crippen molar-refractivity contribution in [3.63, 3.8) is 0 Å². The number of nitrogens with one attached hydrogen (secondary N) is 1. The third-order valence-corrected chi connectivity index (χ3v) is 5.39. The Hall–Kier alpha value is -2.58. The SMILES string of the molecule is CC(C(=O)NCCc1ccc(O)cc1)N1C(=O)/C(=C/c2ccco2)SC1=S. The fourth-order valence-corrected chi connectivity index (χ4v) is 3.97. The lowest BCUT2D eigenvalue weighted by Gasteiger charge is -2.22. The lowest BCUT2D eigenvalue weighted by molar-refractivity contribution is -0.132. The van der Waals surface area contributed by atoms with Gasteiger partial charge >= 0.3 is 0 Å². The Morgan fingerprint density at radius 1 is 1.37 bits per heavy atom. The van der Waals surface area contributed by atoms with E-state index in [0.717, 1.165) is 17.3 Å². The third-order valence-electron chi connectivity index (χ3n) is 4.06. The smallest absolute Gasteiger partial charge is 0.267 e. The van der Waals surface area contributed by atoms with Gasteiger partial charge in [-0.15, -0.1) is 0 Å². The summed E-state index contributed by atoms with van der Waals surface area (Å²) in [6.45, 7) is 2.07. The molecule has 1 aromatic carbocycles. The summed E-state index contributed by atoms with van der Waals surface area (Å²) < 4.78 is 5.57. The fourth-order valence-electron chi connectivity index (χ4n) is 2.57. The zero-order valence-electron chi connectivity index (χ0n) is 14.5. The van der Waals surface area contributed by atoms with Crippen molar-refractivity contribution in [2.75, 3.05) is 6.54 Å². The zero-order valence-corrected chi connectivity index (χ0v) is 16.2. The molecular weight excluding hydrogens is 384 g/mol. The first-order chi connectivity index (χ1) is 13.0. The van der Waals surface area contributed by atoms with Gasteiger partial charge in [-0.25, -0.2) is 0 Å². The number of thiocarbonyl (C=S) groups is 1. The highest BCUT2D eigenvalue weighted by Gasteiger charge is 2.38. The maximum absolute atomic E-state index is 12.6. The molecule has 2 aromatic rings. The first kappa shape index (κ1) is 19.2. The molecule has 2 N–H and O–H groups in total. The Balaban J connectivity index is 1.58. The van der Waals surface area contributed by atoms with Gasteiger partial charge in [-0.2, -0.15) is 0 Å². The van der Waals surface area contributed by atoms with E-state index in [-0.39, 0.29) is 17.6 Å². The van der Waals surface area contributed by atoms with Crippen LogP contribution in [0.1, 0.15) is 18.2 Å². The Labute approximate surface area is 166 Å². The molecule has 140 valence electrons. The monoisotopic (exact) mass is 402 g/mol. The summed E-state index contributed by atoms with van der Waals surface area (Å²) in [6.07, 6.45) is 3.76. The first-order valence-corrected chi connectivity index (χ1v) is 9.54. The van der Waals surface area contributed by atoms with Crippen LogP contribution in [0.3, 0.4) is 0 Å². The van der Waals surface area contributed by atoms with Crippen LogP contribution in [0.15, 0.2) is 52.0 Å². The van der Waals surface area contributed by atoms with Crippen LogP contribution in [0.25, 0.3) is 6.08 Å². The zero-order chi connectivity index (χ0) is 19.4. The van der Waals surface area contributed by atoms with Crippen molar-refractivity contribution in [2.45, 2.75) is 19.4 Å². The lowest BCUT2D eigenvalue weighted by atomic mass is 10.1. The number of benzene rings is 1. The number of rotatable bonds is 6. The number of amides is 2. The predicted octanol–water partition coefficient (Wildman–Crippen LogP) is 2.93. The number of carbonyl (C=O) groups excluding carboxylic acids is 2. The number of hydrogen-bond donors (Lipinski definition) is 2. The number of phenolic OH excluding ortho intramolecular Hbond substituents is 1. The molecule has 0 bridgehead atoms. The van der Waals surface area contributed by atoms with Crippen molar-refractivity contribution in [1.82, 2.24) is 10.2 Å². The molecule has 2 amide bonds. The highest BCUT2D eigenvalue weighted by Crippen LogP contribution is 2.34. The molecule has 0 aliphatic carbocycles. The molecule has 1 atom stereocenters. The normalized spacial score (nSPS) is 16.8. The number of carbonyl (C=O) groups is 2. The highest BCUT2D eigenvalue weighted by molar-refractivity contribution is 8.26. The number of nitrogens with zero attached hydrogens (tertiary/aromatic N) is 1. The molecule has 0 spiro atoms. The maximum atomic E-state index is 12.6. The minimum Gasteiger partial charge on any atom is -0.508 e. The van der Waals surface area contributed by atoms with Gasteiger partial charge in [0.05, 0.1) is 11.2 Å². The molecule has 0 radical (unpaired) electrons. The van der Waals surface area contributed by atoms with E-state index in [2.05, 4.69) is 5.32 Å². The fraction of sp³-hybridized carbons (Fsp3) is 0.211. The van der Waals surface area contributed by atoms with E-state index >= 15 is 0 Å². The average molecular weight is 402 g/mol. The Bertz CT molecular complexity index is 876. The molecule has 27 heavy (non-hydrogen) atoms. The molecule has 2 heterocycles. The van der Waals surface area contributed by atoms with Crippen LogP contribution in [0, 0.1) is 0 Å². The molecule has 1 fully saturated rings. The van der Waals surface area contributed by atoms with Crippen LogP contribution in [0.5, 0.6) is 5.75 Å². The van der Waals surface area contributed by atoms with Crippen molar-refractivity contribution in [3.05, 3.63) is 58.9 Å². The summed E-state index contributed by atoms with van der Waals surface area (Å²) >= 11 is 6.43. The number of thioether (sulfide) groups is 1. The van der Waals surface area contributed by atoms with Crippen molar-refractivity contribution in [1.29, 1.82) is 0 Å². The standard InChI is InChI=1S/C19H18N2O4S2/c1-12(17(23)20-9-8-13-4-6-14(22)7-5-13)21-18(24)16(27-19(21)26)11-15-3-2-10-25-15/h2-7,10-12,22H,8-9H2,1H3,(H,20,23)/b16-11-. The largest absolute Gasteiger partial charge is 0.508 e. The molecule has 6 nitrogen and oxygen atoms in total. The van der Waals surface area contributed by atoms with Crippen molar-refractivity contribution >= 4 is 46.2 Å². The maximum Gasteiger partial charge on any atom is 0.267 e. The highest BCUT2D eigenvalue weighted by atomic mass is 32.2. The number of hydrogen-bond acceptors (Lipinski definition) is 6. The van der Waals surface area contributed by atoms with Gasteiger partial charge in [-0.3, -0.25) is 14.5 Å². The van der Waals surface area contributed by atoms with E-state index in [0.29, 0.717) is 28.0 Å². The van der Waals surface area contributed by atoms with E-state index in [9.17, 15) is 14.7 Å². The van der Waals surface area contributed by atoms with E-state index < -0.39 is 6.04 Å². The number of furan rings is 1. The molecule has 3 rings (SSSR count). The van der Waals surface area contributed by atoms with Crippen LogP contribution in [0.2, 0.25) is 0 Å². The number of phenols is 1. The summed E-state index contributed by atoms with van der Waals surface area (Å²) in [4.78, 5) is 26.8. The van der Waals surface area contributed by atoms with Gasteiger partial charge in [0.25, 0.3) is 5.91 Å². The topological polar surface area (TPSA) is 82.8 Å². The molecule has 0 saturated carbocycles. The lowest BCUT2D eigenvalue weighted by Crippen LogP contribution is -2.47. The second-order valence-corrected chi connectivity index (χ2v) is 7.63. The number of aromatic hydroxyl groups is 1. The minimum atomic E-state index is -0.709. The average Bonchev–Trinajstić information content (AvgIpc) is 3.24. The second kappa shape index (κ2) is 8.41. The quantitative estimate of drug-likeness (QED) is 0.571. The summed E-state index contributed by atoms with van der Waals surface area (Å²) in [5, 5.41) is 12.1. The third kappa shape index (κ3) is 4.58. The Kier molecular flexibility index (Phi) is 5.98. The van der Waals surface area contributed by atoms with Gasteiger partial charge < -0.3 is 14.8 Å². The van der Waals surface area contributed by atoms with Crippen LogP contribution in [0.4, 0.5) is 0 Å². The molecule has 1 aliphatic heterocycles. The molecule has 8 heteroatoms. The van der Waals surface area contributed by atoms with Crippen molar-refractivity contribution < 1.29 is 19.1 Å².